The summed E-state index contributed by atoms with van der Waals surface area (Å²) in [6, 6.07) is 10.7. The summed E-state index contributed by atoms with van der Waals surface area (Å²) in [5.41, 5.74) is 2.13. The van der Waals surface area contributed by atoms with Crippen molar-refractivity contribution >= 4 is 53.1 Å². The van der Waals surface area contributed by atoms with Crippen LogP contribution in [0.25, 0.3) is 0 Å². The lowest BCUT2D eigenvalue weighted by Gasteiger charge is -2.40. The average molecular weight is 465 g/mol. The molecule has 31 heavy (non-hydrogen) atoms. The van der Waals surface area contributed by atoms with Gasteiger partial charge in [-0.15, -0.1) is 12.4 Å². The van der Waals surface area contributed by atoms with Crippen LogP contribution in [0.1, 0.15) is 46.7 Å². The van der Waals surface area contributed by atoms with Crippen molar-refractivity contribution in [2.24, 2.45) is 11.8 Å². The molecule has 0 aliphatic carbocycles. The topological polar surface area (TPSA) is 65.5 Å². The number of nitrogens with zero attached hydrogens (tertiary/aromatic N) is 3. The maximum Gasteiger partial charge on any atom is 0.329 e. The number of anilines is 3. The summed E-state index contributed by atoms with van der Waals surface area (Å²) in [4.78, 5) is 33.9. The molecule has 1 aromatic heterocycles. The number of carbonyl (C=O) groups is 2. The first kappa shape index (κ1) is 25.0. The molecular formula is C23H30Cl2N4O2. The molecule has 0 saturated heterocycles. The lowest BCUT2D eigenvalue weighted by molar-refractivity contribution is -0.119. The van der Waals surface area contributed by atoms with Gasteiger partial charge in [-0.1, -0.05) is 45.4 Å². The van der Waals surface area contributed by atoms with Gasteiger partial charge >= 0.3 is 6.03 Å². The number of halogens is 2. The Morgan fingerprint density at radius 3 is 2.52 bits per heavy atom. The normalized spacial score (nSPS) is 15.3. The van der Waals surface area contributed by atoms with Crippen LogP contribution in [-0.2, 0) is 11.3 Å². The van der Waals surface area contributed by atoms with Gasteiger partial charge in [0, 0.05) is 17.0 Å². The Morgan fingerprint density at radius 1 is 1.19 bits per heavy atom. The quantitative estimate of drug-likeness (QED) is 0.548. The van der Waals surface area contributed by atoms with Crippen molar-refractivity contribution in [2.45, 2.75) is 53.6 Å². The van der Waals surface area contributed by atoms with Crippen LogP contribution in [0.15, 0.2) is 36.4 Å². The molecule has 3 amide bonds. The molecule has 2 aromatic rings. The van der Waals surface area contributed by atoms with Gasteiger partial charge in [-0.2, -0.15) is 0 Å². The monoisotopic (exact) mass is 464 g/mol. The van der Waals surface area contributed by atoms with Crippen LogP contribution < -0.4 is 10.2 Å². The van der Waals surface area contributed by atoms with Gasteiger partial charge in [0.25, 0.3) is 0 Å². The van der Waals surface area contributed by atoms with Gasteiger partial charge in [-0.05, 0) is 49.6 Å². The van der Waals surface area contributed by atoms with E-state index in [2.05, 4.69) is 19.2 Å². The maximum atomic E-state index is 13.4. The standard InChI is InChI=1S/C23H29ClN4O2.ClH/c1-6-15(4)22(29)26-21-11-10-20-19(25-21)13-27(16(5)14(2)3)23(30)28(20)18-9-7-8-17(24)12-18;/h7-12,14-16H,6,13H2,1-5H3,(H,25,26,29);1H/t15-,16?;/m1./s1. The summed E-state index contributed by atoms with van der Waals surface area (Å²) < 4.78 is 0. The summed E-state index contributed by atoms with van der Waals surface area (Å²) in [5, 5.41) is 3.45. The number of rotatable bonds is 6. The van der Waals surface area contributed by atoms with Crippen molar-refractivity contribution in [3.05, 3.63) is 47.1 Å². The van der Waals surface area contributed by atoms with E-state index in [-0.39, 0.29) is 42.2 Å². The van der Waals surface area contributed by atoms with E-state index in [1.54, 1.807) is 23.1 Å². The average Bonchev–Trinajstić information content (AvgIpc) is 2.72. The fraction of sp³-hybridized carbons (Fsp3) is 0.435. The molecule has 6 nitrogen and oxygen atoms in total. The highest BCUT2D eigenvalue weighted by Crippen LogP contribution is 2.37. The van der Waals surface area contributed by atoms with E-state index in [1.807, 2.05) is 43.9 Å². The fourth-order valence-corrected chi connectivity index (χ4v) is 3.51. The lowest BCUT2D eigenvalue weighted by Crippen LogP contribution is -2.50. The highest BCUT2D eigenvalue weighted by Gasteiger charge is 2.36. The zero-order valence-corrected chi connectivity index (χ0v) is 20.1. The number of pyridine rings is 1. The van der Waals surface area contributed by atoms with Crippen LogP contribution in [-0.4, -0.2) is 27.9 Å². The maximum absolute atomic E-state index is 13.4. The van der Waals surface area contributed by atoms with Crippen molar-refractivity contribution in [2.75, 3.05) is 10.2 Å². The van der Waals surface area contributed by atoms with E-state index in [0.717, 1.165) is 12.1 Å². The smallest absolute Gasteiger partial charge is 0.315 e. The van der Waals surface area contributed by atoms with Crippen molar-refractivity contribution in [1.29, 1.82) is 0 Å². The third-order valence-electron chi connectivity index (χ3n) is 5.78. The highest BCUT2D eigenvalue weighted by molar-refractivity contribution is 6.31. The number of hydrogen-bond acceptors (Lipinski definition) is 3. The Balaban J connectivity index is 0.00000341. The van der Waals surface area contributed by atoms with Gasteiger partial charge in [-0.3, -0.25) is 9.69 Å². The van der Waals surface area contributed by atoms with Gasteiger partial charge in [-0.25, -0.2) is 9.78 Å². The van der Waals surface area contributed by atoms with Gasteiger partial charge in [0.15, 0.2) is 0 Å². The van der Waals surface area contributed by atoms with Crippen molar-refractivity contribution < 1.29 is 9.59 Å². The van der Waals surface area contributed by atoms with Crippen molar-refractivity contribution in [1.82, 2.24) is 9.88 Å². The zero-order chi connectivity index (χ0) is 22.0. The number of urea groups is 1. The number of benzene rings is 1. The Morgan fingerprint density at radius 2 is 1.90 bits per heavy atom. The fourth-order valence-electron chi connectivity index (χ4n) is 3.32. The third-order valence-corrected chi connectivity index (χ3v) is 6.02. The SMILES string of the molecule is CC[C@@H](C)C(=O)Nc1ccc2c(n1)CN(C(C)C(C)C)C(=O)N2c1cccc(Cl)c1.Cl. The summed E-state index contributed by atoms with van der Waals surface area (Å²) >= 11 is 6.20. The largest absolute Gasteiger partial charge is 0.329 e. The molecule has 1 aliphatic rings. The van der Waals surface area contributed by atoms with E-state index in [0.29, 0.717) is 28.8 Å². The van der Waals surface area contributed by atoms with Crippen LogP contribution in [0.5, 0.6) is 0 Å². The van der Waals surface area contributed by atoms with Gasteiger partial charge < -0.3 is 10.2 Å². The van der Waals surface area contributed by atoms with E-state index in [1.165, 1.54) is 0 Å². The predicted octanol–water partition coefficient (Wildman–Crippen LogP) is 6.26. The molecule has 2 atom stereocenters. The molecule has 2 heterocycles. The molecule has 0 saturated carbocycles. The Bertz CT molecular complexity index is 951. The van der Waals surface area contributed by atoms with Crippen LogP contribution in [0.3, 0.4) is 0 Å². The third kappa shape index (κ3) is 5.31. The minimum atomic E-state index is -0.107. The second-order valence-corrected chi connectivity index (χ2v) is 8.61. The molecule has 1 aromatic carbocycles. The number of hydrogen-bond donors (Lipinski definition) is 1. The number of aromatic nitrogens is 1. The molecule has 168 valence electrons. The molecular weight excluding hydrogens is 435 g/mol. The Labute approximate surface area is 195 Å². The second-order valence-electron chi connectivity index (χ2n) is 8.17. The first-order valence-corrected chi connectivity index (χ1v) is 10.8. The molecule has 0 radical (unpaired) electrons. The molecule has 0 spiro atoms. The number of amides is 3. The molecule has 3 rings (SSSR count). The molecule has 8 heteroatoms. The van der Waals surface area contributed by atoms with E-state index in [4.69, 9.17) is 16.6 Å². The van der Waals surface area contributed by atoms with E-state index >= 15 is 0 Å². The van der Waals surface area contributed by atoms with Gasteiger partial charge in [0.05, 0.1) is 23.6 Å². The Hall–Kier alpha value is -2.31. The first-order chi connectivity index (χ1) is 14.2. The summed E-state index contributed by atoms with van der Waals surface area (Å²) in [6.07, 6.45) is 0.757. The summed E-state index contributed by atoms with van der Waals surface area (Å²) in [5.74, 6) is 0.627. The predicted molar refractivity (Wildman–Crippen MR) is 128 cm³/mol. The summed E-state index contributed by atoms with van der Waals surface area (Å²) in [6.45, 7) is 10.5. The molecule has 1 unspecified atom stereocenters. The highest BCUT2D eigenvalue weighted by atomic mass is 35.5. The number of carbonyl (C=O) groups excluding carboxylic acids is 2. The van der Waals surface area contributed by atoms with Crippen LogP contribution in [0.2, 0.25) is 5.02 Å². The lowest BCUT2D eigenvalue weighted by atomic mass is 10.0. The van der Waals surface area contributed by atoms with E-state index < -0.39 is 0 Å². The minimum Gasteiger partial charge on any atom is -0.315 e. The minimum absolute atomic E-state index is 0. The Kier molecular flexibility index (Phi) is 8.32. The zero-order valence-electron chi connectivity index (χ0n) is 18.6. The molecule has 0 bridgehead atoms. The van der Waals surface area contributed by atoms with Crippen molar-refractivity contribution in [3.63, 3.8) is 0 Å². The molecule has 1 N–H and O–H groups in total. The first-order valence-electron chi connectivity index (χ1n) is 10.4. The van der Waals surface area contributed by atoms with Crippen LogP contribution in [0.4, 0.5) is 22.0 Å². The van der Waals surface area contributed by atoms with Crippen molar-refractivity contribution in [3.8, 4) is 0 Å². The van der Waals surface area contributed by atoms with Crippen LogP contribution in [0, 0.1) is 11.8 Å². The van der Waals surface area contributed by atoms with Gasteiger partial charge in [0.2, 0.25) is 5.91 Å². The van der Waals surface area contributed by atoms with Gasteiger partial charge in [0.1, 0.15) is 5.82 Å². The molecule has 1 aliphatic heterocycles. The molecule has 0 fully saturated rings. The second kappa shape index (κ2) is 10.3. The number of fused-ring (bicyclic) bond motifs is 1. The number of nitrogens with one attached hydrogen (secondary N) is 1. The van der Waals surface area contributed by atoms with E-state index in [9.17, 15) is 9.59 Å². The summed E-state index contributed by atoms with van der Waals surface area (Å²) in [7, 11) is 0. The van der Waals surface area contributed by atoms with Crippen LogP contribution >= 0.6 is 24.0 Å².